The molecule has 47 heavy (non-hydrogen) atoms. The number of hydrogen-bond donors (Lipinski definition) is 0. The van der Waals surface area contributed by atoms with Crippen LogP contribution in [0.1, 0.15) is 23.6 Å². The van der Waals surface area contributed by atoms with Crippen LogP contribution < -0.4 is 0 Å². The first-order chi connectivity index (χ1) is 23.2. The Morgan fingerprint density at radius 2 is 1.17 bits per heavy atom. The SMILES string of the molecule is C=Cc1ccccc1/C(=C\C)c1ccc(-n2c3ccccc3c3cc4c5c6ccccc6ccc5n(-c5ccccc5)c4cc32)cc1. The molecule has 2 heteroatoms. The Bertz CT molecular complexity index is 2680. The lowest BCUT2D eigenvalue weighted by Crippen LogP contribution is -1.97. The van der Waals surface area contributed by atoms with Crippen LogP contribution >= 0.6 is 0 Å². The van der Waals surface area contributed by atoms with Gasteiger partial charge in [0.2, 0.25) is 0 Å². The van der Waals surface area contributed by atoms with Gasteiger partial charge in [0.1, 0.15) is 0 Å². The van der Waals surface area contributed by atoms with E-state index in [2.05, 4.69) is 180 Å². The molecule has 0 saturated carbocycles. The molecular weight excluding hydrogens is 569 g/mol. The van der Waals surface area contributed by atoms with Crippen LogP contribution in [0, 0.1) is 0 Å². The molecule has 0 unspecified atom stereocenters. The van der Waals surface area contributed by atoms with Gasteiger partial charge in [-0.1, -0.05) is 122 Å². The first-order valence-corrected chi connectivity index (χ1v) is 16.2. The fraction of sp³-hybridized carbons (Fsp3) is 0.0222. The van der Waals surface area contributed by atoms with E-state index in [1.54, 1.807) is 0 Å². The van der Waals surface area contributed by atoms with E-state index < -0.39 is 0 Å². The van der Waals surface area contributed by atoms with Crippen molar-refractivity contribution in [3.8, 4) is 11.4 Å². The molecule has 222 valence electrons. The molecule has 0 radical (unpaired) electrons. The van der Waals surface area contributed by atoms with Crippen LogP contribution in [0.15, 0.2) is 164 Å². The summed E-state index contributed by atoms with van der Waals surface area (Å²) in [5.41, 5.74) is 11.8. The Morgan fingerprint density at radius 3 is 1.98 bits per heavy atom. The molecule has 2 nitrogen and oxygen atoms in total. The van der Waals surface area contributed by atoms with Crippen LogP contribution in [-0.2, 0) is 0 Å². The Labute approximate surface area is 273 Å². The summed E-state index contributed by atoms with van der Waals surface area (Å²) >= 11 is 0. The minimum absolute atomic E-state index is 1.14. The van der Waals surface area contributed by atoms with Gasteiger partial charge in [0.25, 0.3) is 0 Å². The second-order valence-corrected chi connectivity index (χ2v) is 12.1. The lowest BCUT2D eigenvalue weighted by Gasteiger charge is -2.13. The maximum atomic E-state index is 4.05. The van der Waals surface area contributed by atoms with Crippen molar-refractivity contribution >= 4 is 66.0 Å². The summed E-state index contributed by atoms with van der Waals surface area (Å²) in [7, 11) is 0. The minimum atomic E-state index is 1.14. The van der Waals surface area contributed by atoms with E-state index >= 15 is 0 Å². The Kier molecular flexibility index (Phi) is 6.22. The van der Waals surface area contributed by atoms with E-state index in [9.17, 15) is 0 Å². The third kappa shape index (κ3) is 4.12. The summed E-state index contributed by atoms with van der Waals surface area (Å²) in [6.45, 7) is 6.16. The van der Waals surface area contributed by atoms with Crippen LogP contribution in [0.4, 0.5) is 0 Å². The maximum Gasteiger partial charge on any atom is 0.0562 e. The molecule has 9 aromatic rings. The highest BCUT2D eigenvalue weighted by Crippen LogP contribution is 2.42. The van der Waals surface area contributed by atoms with E-state index in [1.165, 1.54) is 71.1 Å². The largest absolute Gasteiger partial charge is 0.309 e. The molecule has 0 N–H and O–H groups in total. The van der Waals surface area contributed by atoms with Gasteiger partial charge in [0, 0.05) is 32.9 Å². The quantitative estimate of drug-likeness (QED) is 0.186. The summed E-state index contributed by atoms with van der Waals surface area (Å²) < 4.78 is 4.85. The van der Waals surface area contributed by atoms with E-state index in [0.29, 0.717) is 0 Å². The third-order valence-corrected chi connectivity index (χ3v) is 9.66. The number of fused-ring (bicyclic) bond motifs is 8. The lowest BCUT2D eigenvalue weighted by molar-refractivity contribution is 1.16. The van der Waals surface area contributed by atoms with Gasteiger partial charge < -0.3 is 9.13 Å². The summed E-state index contributed by atoms with van der Waals surface area (Å²) in [6.07, 6.45) is 4.13. The summed E-state index contributed by atoms with van der Waals surface area (Å²) in [5, 5.41) is 7.61. The molecule has 0 aliphatic heterocycles. The van der Waals surface area contributed by atoms with Gasteiger partial charge in [-0.25, -0.2) is 0 Å². The number of rotatable bonds is 5. The van der Waals surface area contributed by atoms with Gasteiger partial charge in [0.05, 0.1) is 22.1 Å². The van der Waals surface area contributed by atoms with Gasteiger partial charge in [-0.3, -0.25) is 0 Å². The average molecular weight is 601 g/mol. The molecule has 0 spiro atoms. The van der Waals surface area contributed by atoms with Crippen LogP contribution in [0.5, 0.6) is 0 Å². The fourth-order valence-corrected chi connectivity index (χ4v) is 7.57. The highest BCUT2D eigenvalue weighted by atomic mass is 15.0. The topological polar surface area (TPSA) is 9.86 Å². The van der Waals surface area contributed by atoms with Crippen LogP contribution in [0.2, 0.25) is 0 Å². The normalized spacial score (nSPS) is 12.1. The fourth-order valence-electron chi connectivity index (χ4n) is 7.57. The molecule has 9 rings (SSSR count). The van der Waals surface area contributed by atoms with Crippen molar-refractivity contribution in [1.29, 1.82) is 0 Å². The molecule has 0 saturated heterocycles. The smallest absolute Gasteiger partial charge is 0.0562 e. The Balaban J connectivity index is 1.33. The predicted molar refractivity (Wildman–Crippen MR) is 202 cm³/mol. The number of nitrogens with zero attached hydrogens (tertiary/aromatic N) is 2. The second-order valence-electron chi connectivity index (χ2n) is 12.1. The van der Waals surface area contributed by atoms with Crippen molar-refractivity contribution < 1.29 is 0 Å². The Morgan fingerprint density at radius 1 is 0.511 bits per heavy atom. The van der Waals surface area contributed by atoms with Crippen molar-refractivity contribution in [2.24, 2.45) is 0 Å². The van der Waals surface area contributed by atoms with E-state index in [0.717, 1.165) is 16.9 Å². The number of benzene rings is 7. The molecule has 2 heterocycles. The van der Waals surface area contributed by atoms with Gasteiger partial charge >= 0.3 is 0 Å². The van der Waals surface area contributed by atoms with Crippen LogP contribution in [-0.4, -0.2) is 9.13 Å². The van der Waals surface area contributed by atoms with E-state index in [1.807, 2.05) is 6.08 Å². The van der Waals surface area contributed by atoms with E-state index in [4.69, 9.17) is 0 Å². The molecule has 0 aliphatic carbocycles. The van der Waals surface area contributed by atoms with Crippen molar-refractivity contribution in [1.82, 2.24) is 9.13 Å². The van der Waals surface area contributed by atoms with Gasteiger partial charge in [-0.05, 0) is 88.5 Å². The zero-order valence-corrected chi connectivity index (χ0v) is 26.2. The lowest BCUT2D eigenvalue weighted by atomic mass is 9.93. The second kappa shape index (κ2) is 10.8. The predicted octanol–water partition coefficient (Wildman–Crippen LogP) is 12.1. The summed E-state index contributed by atoms with van der Waals surface area (Å²) in [5.74, 6) is 0. The molecule has 7 aromatic carbocycles. The van der Waals surface area contributed by atoms with Gasteiger partial charge in [0.15, 0.2) is 0 Å². The molecule has 0 atom stereocenters. The zero-order chi connectivity index (χ0) is 31.5. The van der Waals surface area contributed by atoms with Gasteiger partial charge in [-0.15, -0.1) is 0 Å². The van der Waals surface area contributed by atoms with Crippen molar-refractivity contribution in [3.05, 3.63) is 181 Å². The first kappa shape index (κ1) is 27.2. The number of allylic oxidation sites excluding steroid dienone is 1. The third-order valence-electron chi connectivity index (χ3n) is 9.66. The first-order valence-electron chi connectivity index (χ1n) is 16.2. The van der Waals surface area contributed by atoms with Crippen molar-refractivity contribution in [3.63, 3.8) is 0 Å². The highest BCUT2D eigenvalue weighted by molar-refractivity contribution is 6.25. The molecular formula is C45H32N2. The Hall–Kier alpha value is -6.12. The van der Waals surface area contributed by atoms with Gasteiger partial charge in [-0.2, -0.15) is 0 Å². The number of para-hydroxylation sites is 2. The molecule has 0 aliphatic rings. The monoisotopic (exact) mass is 600 g/mol. The van der Waals surface area contributed by atoms with Crippen molar-refractivity contribution in [2.45, 2.75) is 6.92 Å². The molecule has 0 amide bonds. The number of hydrogen-bond acceptors (Lipinski definition) is 0. The molecule has 0 fully saturated rings. The summed E-state index contributed by atoms with van der Waals surface area (Å²) in [4.78, 5) is 0. The number of aromatic nitrogens is 2. The molecule has 0 bridgehead atoms. The minimum Gasteiger partial charge on any atom is -0.309 e. The summed E-state index contributed by atoms with van der Waals surface area (Å²) in [6, 6.07) is 55.1. The average Bonchev–Trinajstić information content (AvgIpc) is 3.64. The van der Waals surface area contributed by atoms with E-state index in [-0.39, 0.29) is 0 Å². The van der Waals surface area contributed by atoms with Crippen LogP contribution in [0.3, 0.4) is 0 Å². The maximum absolute atomic E-state index is 4.05. The zero-order valence-electron chi connectivity index (χ0n) is 26.2. The van der Waals surface area contributed by atoms with Crippen LogP contribution in [0.25, 0.3) is 77.4 Å². The molecule has 2 aromatic heterocycles. The standard InChI is InChI=1S/C45H32N2/c1-3-30-14-8-10-18-36(30)35(4-2)32-22-25-34(26-23-32)46-41-21-13-12-20-38(41)39-28-40-44(29-43(39)46)47(33-16-6-5-7-17-33)42-27-24-31-15-9-11-19-37(31)45(40)42/h3-29H,1H2,2H3/b35-4-. The van der Waals surface area contributed by atoms with Crippen molar-refractivity contribution in [2.75, 3.05) is 0 Å². The highest BCUT2D eigenvalue weighted by Gasteiger charge is 2.20.